The number of hydrogen-bond acceptors (Lipinski definition) is 5. The van der Waals surface area contributed by atoms with Crippen LogP contribution in [-0.2, 0) is 6.42 Å². The van der Waals surface area contributed by atoms with Gasteiger partial charge < -0.3 is 16.0 Å². The smallest absolute Gasteiger partial charge is 0.252 e. The highest BCUT2D eigenvalue weighted by atomic mass is 32.1. The molecule has 2 heterocycles. The summed E-state index contributed by atoms with van der Waals surface area (Å²) in [6.07, 6.45) is 1.40. The number of hydrogen-bond donors (Lipinski definition) is 3. The van der Waals surface area contributed by atoms with Crippen molar-refractivity contribution in [1.29, 1.82) is 0 Å². The number of aromatic nitrogens is 2. The Morgan fingerprint density at radius 2 is 2.21 bits per heavy atom. The summed E-state index contributed by atoms with van der Waals surface area (Å²) in [4.78, 5) is 30.7. The molecule has 3 aromatic rings. The van der Waals surface area contributed by atoms with E-state index in [2.05, 4.69) is 15.3 Å². The average Bonchev–Trinajstić information content (AvgIpc) is 2.95. The van der Waals surface area contributed by atoms with E-state index < -0.39 is 11.4 Å². The van der Waals surface area contributed by atoms with Crippen molar-refractivity contribution in [2.24, 2.45) is 0 Å². The summed E-state index contributed by atoms with van der Waals surface area (Å²) in [6, 6.07) is 5.15. The first-order chi connectivity index (χ1) is 11.5. The number of H-pyrrole nitrogens is 1. The number of nitrogen functional groups attached to an aromatic ring is 1. The van der Waals surface area contributed by atoms with Crippen molar-refractivity contribution < 1.29 is 9.18 Å². The van der Waals surface area contributed by atoms with Crippen LogP contribution < -0.4 is 16.6 Å². The van der Waals surface area contributed by atoms with Gasteiger partial charge in [0, 0.05) is 23.4 Å². The Bertz CT molecular complexity index is 951. The van der Waals surface area contributed by atoms with Crippen LogP contribution in [0.4, 0.5) is 9.52 Å². The van der Waals surface area contributed by atoms with E-state index in [0.717, 1.165) is 5.69 Å². The van der Waals surface area contributed by atoms with Gasteiger partial charge in [-0.15, -0.1) is 11.3 Å². The summed E-state index contributed by atoms with van der Waals surface area (Å²) in [5.74, 6) is -0.839. The zero-order valence-corrected chi connectivity index (χ0v) is 13.5. The Morgan fingerprint density at radius 3 is 2.96 bits per heavy atom. The van der Waals surface area contributed by atoms with E-state index in [4.69, 9.17) is 5.73 Å². The molecule has 0 unspecified atom stereocenters. The minimum Gasteiger partial charge on any atom is -0.375 e. The lowest BCUT2D eigenvalue weighted by atomic mass is 10.1. The Kier molecular flexibility index (Phi) is 4.57. The molecule has 0 saturated carbocycles. The van der Waals surface area contributed by atoms with E-state index in [0.29, 0.717) is 35.4 Å². The van der Waals surface area contributed by atoms with Gasteiger partial charge in [0.25, 0.3) is 5.91 Å². The van der Waals surface area contributed by atoms with E-state index in [1.807, 2.05) is 5.38 Å². The molecule has 24 heavy (non-hydrogen) atoms. The summed E-state index contributed by atoms with van der Waals surface area (Å²) in [5.41, 5.74) is 6.53. The van der Waals surface area contributed by atoms with Gasteiger partial charge in [-0.05, 0) is 31.0 Å². The number of amides is 1. The van der Waals surface area contributed by atoms with Gasteiger partial charge in [0.15, 0.2) is 5.13 Å². The molecule has 8 heteroatoms. The SMILES string of the molecule is Nc1nc(CCCNC(=O)c2cc(=O)[nH]c3cc(F)ccc23)cs1. The van der Waals surface area contributed by atoms with Crippen LogP contribution in [-0.4, -0.2) is 22.4 Å². The monoisotopic (exact) mass is 346 g/mol. The number of carbonyl (C=O) groups is 1. The highest BCUT2D eigenvalue weighted by molar-refractivity contribution is 7.13. The average molecular weight is 346 g/mol. The number of fused-ring (bicyclic) bond motifs is 1. The molecule has 3 rings (SSSR count). The highest BCUT2D eigenvalue weighted by Crippen LogP contribution is 2.16. The number of carbonyl (C=O) groups excluding carboxylic acids is 1. The van der Waals surface area contributed by atoms with Crippen molar-refractivity contribution in [2.45, 2.75) is 12.8 Å². The number of anilines is 1. The molecule has 2 aromatic heterocycles. The molecule has 0 saturated heterocycles. The van der Waals surface area contributed by atoms with E-state index in [-0.39, 0.29) is 11.5 Å². The molecular formula is C16H15FN4O2S. The third-order valence-electron chi connectivity index (χ3n) is 3.51. The third kappa shape index (κ3) is 3.60. The number of benzene rings is 1. The summed E-state index contributed by atoms with van der Waals surface area (Å²) >= 11 is 1.38. The zero-order chi connectivity index (χ0) is 17.1. The van der Waals surface area contributed by atoms with Gasteiger partial charge in [0.1, 0.15) is 5.82 Å². The molecule has 0 aliphatic carbocycles. The number of pyridine rings is 1. The maximum Gasteiger partial charge on any atom is 0.252 e. The number of nitrogens with zero attached hydrogens (tertiary/aromatic N) is 1. The molecule has 6 nitrogen and oxygen atoms in total. The van der Waals surface area contributed by atoms with Crippen molar-refractivity contribution in [2.75, 3.05) is 12.3 Å². The number of nitrogens with one attached hydrogen (secondary N) is 2. The number of aryl methyl sites for hydroxylation is 1. The maximum atomic E-state index is 13.3. The minimum atomic E-state index is -0.474. The Hall–Kier alpha value is -2.74. The molecule has 0 atom stereocenters. The van der Waals surface area contributed by atoms with E-state index in [1.165, 1.54) is 35.6 Å². The van der Waals surface area contributed by atoms with Crippen molar-refractivity contribution in [1.82, 2.24) is 15.3 Å². The van der Waals surface area contributed by atoms with E-state index in [1.54, 1.807) is 0 Å². The third-order valence-corrected chi connectivity index (χ3v) is 4.24. The lowest BCUT2D eigenvalue weighted by Gasteiger charge is -2.07. The molecular weight excluding hydrogens is 331 g/mol. The Morgan fingerprint density at radius 1 is 1.38 bits per heavy atom. The Balaban J connectivity index is 1.68. The zero-order valence-electron chi connectivity index (χ0n) is 12.6. The topological polar surface area (TPSA) is 101 Å². The van der Waals surface area contributed by atoms with Crippen LogP contribution in [0.15, 0.2) is 34.4 Å². The second-order valence-corrected chi connectivity index (χ2v) is 6.16. The van der Waals surface area contributed by atoms with Gasteiger partial charge in [0.2, 0.25) is 5.56 Å². The second kappa shape index (κ2) is 6.79. The first-order valence-corrected chi connectivity index (χ1v) is 8.21. The lowest BCUT2D eigenvalue weighted by Crippen LogP contribution is -2.26. The molecule has 0 aliphatic rings. The molecule has 1 amide bonds. The minimum absolute atomic E-state index is 0.228. The van der Waals surface area contributed by atoms with Crippen LogP contribution in [0.25, 0.3) is 10.9 Å². The fourth-order valence-corrected chi connectivity index (χ4v) is 3.02. The quantitative estimate of drug-likeness (QED) is 0.616. The van der Waals surface area contributed by atoms with E-state index >= 15 is 0 Å². The van der Waals surface area contributed by atoms with Gasteiger partial charge in [-0.2, -0.15) is 0 Å². The van der Waals surface area contributed by atoms with Crippen LogP contribution in [0.5, 0.6) is 0 Å². The van der Waals surface area contributed by atoms with Gasteiger partial charge in [-0.1, -0.05) is 0 Å². The molecule has 0 bridgehead atoms. The van der Waals surface area contributed by atoms with Crippen LogP contribution >= 0.6 is 11.3 Å². The summed E-state index contributed by atoms with van der Waals surface area (Å²) < 4.78 is 13.3. The van der Waals surface area contributed by atoms with Crippen LogP contribution in [0, 0.1) is 5.82 Å². The van der Waals surface area contributed by atoms with Crippen LogP contribution in [0.1, 0.15) is 22.5 Å². The van der Waals surface area contributed by atoms with Gasteiger partial charge in [0.05, 0.1) is 16.8 Å². The van der Waals surface area contributed by atoms with E-state index in [9.17, 15) is 14.0 Å². The Labute approximate surface area is 140 Å². The number of rotatable bonds is 5. The molecule has 0 aliphatic heterocycles. The summed E-state index contributed by atoms with van der Waals surface area (Å²) in [7, 11) is 0. The summed E-state index contributed by atoms with van der Waals surface area (Å²) in [6.45, 7) is 0.436. The predicted molar refractivity (Wildman–Crippen MR) is 91.7 cm³/mol. The van der Waals surface area contributed by atoms with Gasteiger partial charge >= 0.3 is 0 Å². The van der Waals surface area contributed by atoms with Crippen LogP contribution in [0.3, 0.4) is 0 Å². The van der Waals surface area contributed by atoms with Gasteiger partial charge in [-0.25, -0.2) is 9.37 Å². The fraction of sp³-hybridized carbons (Fsp3) is 0.188. The second-order valence-electron chi connectivity index (χ2n) is 5.27. The standard InChI is InChI=1S/C16H15FN4O2S/c17-9-3-4-11-12(7-14(22)21-13(11)6-9)15(23)19-5-1-2-10-8-24-16(18)20-10/h3-4,6-8H,1-2,5H2,(H2,18,20)(H,19,23)(H,21,22). The number of thiazole rings is 1. The predicted octanol–water partition coefficient (Wildman–Crippen LogP) is 2.07. The van der Waals surface area contributed by atoms with Crippen molar-refractivity contribution in [3.8, 4) is 0 Å². The first-order valence-electron chi connectivity index (χ1n) is 7.33. The van der Waals surface area contributed by atoms with Crippen LogP contribution in [0.2, 0.25) is 0 Å². The maximum absolute atomic E-state index is 13.3. The molecule has 1 aromatic carbocycles. The van der Waals surface area contributed by atoms with Crippen molar-refractivity contribution >= 4 is 33.3 Å². The molecule has 0 fully saturated rings. The highest BCUT2D eigenvalue weighted by Gasteiger charge is 2.12. The first kappa shape index (κ1) is 16.1. The van der Waals surface area contributed by atoms with Crippen molar-refractivity contribution in [3.63, 3.8) is 0 Å². The van der Waals surface area contributed by atoms with Crippen molar-refractivity contribution in [3.05, 3.63) is 57.1 Å². The summed E-state index contributed by atoms with van der Waals surface area (Å²) in [5, 5.41) is 5.68. The fourth-order valence-electron chi connectivity index (χ4n) is 2.42. The number of halogens is 1. The number of nitrogens with two attached hydrogens (primary N) is 1. The molecule has 0 spiro atoms. The molecule has 4 N–H and O–H groups in total. The largest absolute Gasteiger partial charge is 0.375 e. The normalized spacial score (nSPS) is 10.9. The van der Waals surface area contributed by atoms with Gasteiger partial charge in [-0.3, -0.25) is 9.59 Å². The molecule has 0 radical (unpaired) electrons. The number of aromatic amines is 1. The molecule has 124 valence electrons. The lowest BCUT2D eigenvalue weighted by molar-refractivity contribution is 0.0954.